The standard InChI is InChI=1S/C15H19N3/c1-3-11-16-14-5-4-6-15(18-14)17-13-9-7-12(2)8-10-13/h4-10H,3,11H2,1-2H3,(H2,16,17,18). The Labute approximate surface area is 108 Å². The van der Waals surface area contributed by atoms with Crippen molar-refractivity contribution in [3.8, 4) is 0 Å². The first-order valence-corrected chi connectivity index (χ1v) is 6.32. The van der Waals surface area contributed by atoms with Crippen molar-refractivity contribution in [2.24, 2.45) is 0 Å². The Morgan fingerprint density at radius 2 is 1.72 bits per heavy atom. The van der Waals surface area contributed by atoms with E-state index in [1.807, 2.05) is 18.2 Å². The number of hydrogen-bond donors (Lipinski definition) is 2. The molecule has 0 aliphatic carbocycles. The van der Waals surface area contributed by atoms with Crippen molar-refractivity contribution >= 4 is 17.3 Å². The molecule has 3 heteroatoms. The smallest absolute Gasteiger partial charge is 0.132 e. The zero-order valence-corrected chi connectivity index (χ0v) is 10.9. The number of benzene rings is 1. The molecule has 1 aromatic carbocycles. The Hall–Kier alpha value is -2.03. The first-order valence-electron chi connectivity index (χ1n) is 6.32. The summed E-state index contributed by atoms with van der Waals surface area (Å²) in [6.07, 6.45) is 1.09. The summed E-state index contributed by atoms with van der Waals surface area (Å²) in [5.41, 5.74) is 2.31. The molecule has 0 saturated carbocycles. The van der Waals surface area contributed by atoms with Crippen molar-refractivity contribution in [3.05, 3.63) is 48.0 Å². The second-order valence-corrected chi connectivity index (χ2v) is 4.33. The summed E-state index contributed by atoms with van der Waals surface area (Å²) in [6, 6.07) is 14.2. The predicted molar refractivity (Wildman–Crippen MR) is 77.5 cm³/mol. The second kappa shape index (κ2) is 6.05. The van der Waals surface area contributed by atoms with Crippen LogP contribution in [0.3, 0.4) is 0 Å². The third kappa shape index (κ3) is 3.48. The molecule has 0 radical (unpaired) electrons. The lowest BCUT2D eigenvalue weighted by atomic mass is 10.2. The Balaban J connectivity index is 2.06. The van der Waals surface area contributed by atoms with Gasteiger partial charge in [0.25, 0.3) is 0 Å². The third-order valence-electron chi connectivity index (χ3n) is 2.63. The van der Waals surface area contributed by atoms with Crippen molar-refractivity contribution in [2.75, 3.05) is 17.2 Å². The summed E-state index contributed by atoms with van der Waals surface area (Å²) < 4.78 is 0. The fourth-order valence-electron chi connectivity index (χ4n) is 1.64. The molecule has 0 bridgehead atoms. The monoisotopic (exact) mass is 241 g/mol. The van der Waals surface area contributed by atoms with Gasteiger partial charge in [-0.25, -0.2) is 4.98 Å². The van der Waals surface area contributed by atoms with E-state index in [-0.39, 0.29) is 0 Å². The number of nitrogens with zero attached hydrogens (tertiary/aromatic N) is 1. The molecule has 1 heterocycles. The molecular formula is C15H19N3. The molecule has 0 amide bonds. The van der Waals surface area contributed by atoms with E-state index in [1.165, 1.54) is 5.56 Å². The maximum absolute atomic E-state index is 4.51. The van der Waals surface area contributed by atoms with Gasteiger partial charge in [-0.3, -0.25) is 0 Å². The summed E-state index contributed by atoms with van der Waals surface area (Å²) in [5, 5.41) is 6.58. The molecule has 1 aromatic heterocycles. The van der Waals surface area contributed by atoms with Crippen LogP contribution in [0.1, 0.15) is 18.9 Å². The Kier molecular flexibility index (Phi) is 4.18. The van der Waals surface area contributed by atoms with E-state index in [1.54, 1.807) is 0 Å². The largest absolute Gasteiger partial charge is 0.370 e. The lowest BCUT2D eigenvalue weighted by Crippen LogP contribution is -2.03. The topological polar surface area (TPSA) is 37.0 Å². The minimum Gasteiger partial charge on any atom is -0.370 e. The summed E-state index contributed by atoms with van der Waals surface area (Å²) >= 11 is 0. The van der Waals surface area contributed by atoms with Crippen LogP contribution in [0, 0.1) is 6.92 Å². The van der Waals surface area contributed by atoms with Crippen LogP contribution >= 0.6 is 0 Å². The Morgan fingerprint density at radius 1 is 1.00 bits per heavy atom. The van der Waals surface area contributed by atoms with E-state index >= 15 is 0 Å². The number of anilines is 3. The highest BCUT2D eigenvalue weighted by Crippen LogP contribution is 2.16. The number of aromatic nitrogens is 1. The van der Waals surface area contributed by atoms with Crippen LogP contribution in [0.25, 0.3) is 0 Å². The highest BCUT2D eigenvalue weighted by Gasteiger charge is 1.98. The summed E-state index contributed by atoms with van der Waals surface area (Å²) in [7, 11) is 0. The van der Waals surface area contributed by atoms with Gasteiger partial charge in [0.2, 0.25) is 0 Å². The van der Waals surface area contributed by atoms with Crippen LogP contribution in [0.4, 0.5) is 17.3 Å². The van der Waals surface area contributed by atoms with Gasteiger partial charge in [0.1, 0.15) is 11.6 Å². The number of pyridine rings is 1. The van der Waals surface area contributed by atoms with Crippen molar-refractivity contribution in [1.29, 1.82) is 0 Å². The van der Waals surface area contributed by atoms with Gasteiger partial charge in [0, 0.05) is 12.2 Å². The van der Waals surface area contributed by atoms with Crippen molar-refractivity contribution in [3.63, 3.8) is 0 Å². The van der Waals surface area contributed by atoms with Crippen LogP contribution < -0.4 is 10.6 Å². The minimum absolute atomic E-state index is 0.861. The zero-order chi connectivity index (χ0) is 12.8. The molecule has 0 fully saturated rings. The third-order valence-corrected chi connectivity index (χ3v) is 2.63. The van der Waals surface area contributed by atoms with E-state index in [0.29, 0.717) is 0 Å². The lowest BCUT2D eigenvalue weighted by Gasteiger charge is -2.08. The van der Waals surface area contributed by atoms with E-state index < -0.39 is 0 Å². The molecule has 0 atom stereocenters. The molecule has 18 heavy (non-hydrogen) atoms. The average Bonchev–Trinajstić information content (AvgIpc) is 2.40. The normalized spacial score (nSPS) is 10.1. The molecule has 2 N–H and O–H groups in total. The van der Waals surface area contributed by atoms with E-state index in [9.17, 15) is 0 Å². The van der Waals surface area contributed by atoms with Crippen molar-refractivity contribution in [1.82, 2.24) is 4.98 Å². The Bertz CT molecular complexity index is 491. The van der Waals surface area contributed by atoms with Gasteiger partial charge in [0.05, 0.1) is 0 Å². The predicted octanol–water partition coefficient (Wildman–Crippen LogP) is 3.96. The van der Waals surface area contributed by atoms with Gasteiger partial charge in [0.15, 0.2) is 0 Å². The molecule has 0 saturated heterocycles. The lowest BCUT2D eigenvalue weighted by molar-refractivity contribution is 0.970. The van der Waals surface area contributed by atoms with E-state index in [4.69, 9.17) is 0 Å². The highest BCUT2D eigenvalue weighted by atomic mass is 15.1. The van der Waals surface area contributed by atoms with Crippen molar-refractivity contribution in [2.45, 2.75) is 20.3 Å². The Morgan fingerprint density at radius 3 is 2.44 bits per heavy atom. The number of aryl methyl sites for hydroxylation is 1. The van der Waals surface area contributed by atoms with Gasteiger partial charge in [-0.1, -0.05) is 30.7 Å². The average molecular weight is 241 g/mol. The molecule has 0 aliphatic heterocycles. The molecular weight excluding hydrogens is 222 g/mol. The number of nitrogens with one attached hydrogen (secondary N) is 2. The fraction of sp³-hybridized carbons (Fsp3) is 0.267. The molecule has 2 aromatic rings. The van der Waals surface area contributed by atoms with Crippen LogP contribution in [-0.4, -0.2) is 11.5 Å². The van der Waals surface area contributed by atoms with Gasteiger partial charge < -0.3 is 10.6 Å². The molecule has 0 unspecified atom stereocenters. The number of rotatable bonds is 5. The molecule has 0 spiro atoms. The van der Waals surface area contributed by atoms with E-state index in [0.717, 1.165) is 30.3 Å². The maximum Gasteiger partial charge on any atom is 0.132 e. The summed E-state index contributed by atoms with van der Waals surface area (Å²) in [5.74, 6) is 1.77. The van der Waals surface area contributed by atoms with Gasteiger partial charge in [-0.05, 0) is 37.6 Å². The van der Waals surface area contributed by atoms with E-state index in [2.05, 4.69) is 53.7 Å². The fourth-order valence-corrected chi connectivity index (χ4v) is 1.64. The quantitative estimate of drug-likeness (QED) is 0.832. The molecule has 3 nitrogen and oxygen atoms in total. The molecule has 2 rings (SSSR count). The summed E-state index contributed by atoms with van der Waals surface area (Å²) in [6.45, 7) is 5.17. The van der Waals surface area contributed by atoms with Crippen LogP contribution in [0.15, 0.2) is 42.5 Å². The SMILES string of the molecule is CCCNc1cccc(Nc2ccc(C)cc2)n1. The molecule has 94 valence electrons. The van der Waals surface area contributed by atoms with Gasteiger partial charge >= 0.3 is 0 Å². The zero-order valence-electron chi connectivity index (χ0n) is 10.9. The molecule has 0 aliphatic rings. The van der Waals surface area contributed by atoms with Gasteiger partial charge in [-0.15, -0.1) is 0 Å². The second-order valence-electron chi connectivity index (χ2n) is 4.33. The van der Waals surface area contributed by atoms with Crippen LogP contribution in [-0.2, 0) is 0 Å². The summed E-state index contributed by atoms with van der Waals surface area (Å²) in [4.78, 5) is 4.51. The first kappa shape index (κ1) is 12.4. The van der Waals surface area contributed by atoms with Crippen LogP contribution in [0.5, 0.6) is 0 Å². The highest BCUT2D eigenvalue weighted by molar-refractivity contribution is 5.58. The van der Waals surface area contributed by atoms with Crippen LogP contribution in [0.2, 0.25) is 0 Å². The first-order chi connectivity index (χ1) is 8.78. The van der Waals surface area contributed by atoms with Gasteiger partial charge in [-0.2, -0.15) is 0 Å². The number of hydrogen-bond acceptors (Lipinski definition) is 3. The van der Waals surface area contributed by atoms with Crippen molar-refractivity contribution < 1.29 is 0 Å². The maximum atomic E-state index is 4.51. The minimum atomic E-state index is 0.861.